The lowest BCUT2D eigenvalue weighted by Gasteiger charge is -2.46. The molecule has 1 heterocycles. The van der Waals surface area contributed by atoms with Crippen molar-refractivity contribution >= 4 is 0 Å². The van der Waals surface area contributed by atoms with E-state index in [1.165, 1.54) is 17.6 Å². The lowest BCUT2D eigenvalue weighted by atomic mass is 9.87. The zero-order valence-electron chi connectivity index (χ0n) is 12.4. The summed E-state index contributed by atoms with van der Waals surface area (Å²) >= 11 is 0. The third-order valence-corrected chi connectivity index (χ3v) is 4.12. The van der Waals surface area contributed by atoms with Gasteiger partial charge < -0.3 is 5.32 Å². The number of nitrogens with one attached hydrogen (secondary N) is 1. The van der Waals surface area contributed by atoms with E-state index in [2.05, 4.69) is 67.9 Å². The van der Waals surface area contributed by atoms with Crippen LogP contribution in [0, 0.1) is 0 Å². The normalized spacial score (nSPS) is 28.3. The smallest absolute Gasteiger partial charge is 0.0535 e. The molecule has 0 radical (unpaired) electrons. The minimum atomic E-state index is 0.0440. The van der Waals surface area contributed by atoms with Crippen molar-refractivity contribution in [3.8, 4) is 0 Å². The zero-order valence-corrected chi connectivity index (χ0v) is 12.4. The third kappa shape index (κ3) is 3.26. The predicted molar refractivity (Wildman–Crippen MR) is 82.3 cm³/mol. The van der Waals surface area contributed by atoms with Crippen LogP contribution in [0.2, 0.25) is 0 Å². The maximum atomic E-state index is 4.08. The van der Waals surface area contributed by atoms with Crippen LogP contribution in [-0.4, -0.2) is 30.6 Å². The van der Waals surface area contributed by atoms with Gasteiger partial charge in [0, 0.05) is 25.7 Å². The first-order valence-corrected chi connectivity index (χ1v) is 7.24. The molecule has 0 bridgehead atoms. The Kier molecular flexibility index (Phi) is 4.43. The molecule has 2 atom stereocenters. The average Bonchev–Trinajstić information content (AvgIpc) is 2.39. The summed E-state index contributed by atoms with van der Waals surface area (Å²) in [7, 11) is 0. The van der Waals surface area contributed by atoms with E-state index >= 15 is 0 Å². The Morgan fingerprint density at radius 3 is 2.68 bits per heavy atom. The lowest BCUT2D eigenvalue weighted by molar-refractivity contribution is 0.0924. The Bertz CT molecular complexity index is 426. The van der Waals surface area contributed by atoms with Gasteiger partial charge in [-0.2, -0.15) is 0 Å². The van der Waals surface area contributed by atoms with Gasteiger partial charge in [0.05, 0.1) is 5.54 Å². The minimum Gasteiger partial charge on any atom is -0.305 e. The number of hydrogen-bond acceptors (Lipinski definition) is 2. The highest BCUT2D eigenvalue weighted by atomic mass is 15.2. The van der Waals surface area contributed by atoms with Crippen molar-refractivity contribution in [1.82, 2.24) is 10.2 Å². The standard InChI is InChI=1S/C17H26N2/c1-5-16-11-18-17(4,13-19(16)12-14(2)3)15-9-7-6-8-10-15/h6-10,16,18H,2,5,11-13H2,1,3-4H3. The van der Waals surface area contributed by atoms with Crippen molar-refractivity contribution < 1.29 is 0 Å². The van der Waals surface area contributed by atoms with Gasteiger partial charge in [0.15, 0.2) is 0 Å². The second-order valence-corrected chi connectivity index (χ2v) is 6.00. The number of rotatable bonds is 4. The molecule has 104 valence electrons. The number of benzene rings is 1. The molecule has 0 aliphatic carbocycles. The summed E-state index contributed by atoms with van der Waals surface area (Å²) < 4.78 is 0. The molecule has 1 saturated heterocycles. The maximum absolute atomic E-state index is 4.08. The van der Waals surface area contributed by atoms with Crippen LogP contribution in [-0.2, 0) is 5.54 Å². The molecule has 1 N–H and O–H groups in total. The first-order valence-electron chi connectivity index (χ1n) is 7.24. The van der Waals surface area contributed by atoms with Crippen LogP contribution in [0.3, 0.4) is 0 Å². The van der Waals surface area contributed by atoms with E-state index in [4.69, 9.17) is 0 Å². The summed E-state index contributed by atoms with van der Waals surface area (Å²) in [6.07, 6.45) is 1.19. The zero-order chi connectivity index (χ0) is 13.9. The molecule has 2 nitrogen and oxygen atoms in total. The molecule has 1 aromatic carbocycles. The molecule has 0 aromatic heterocycles. The monoisotopic (exact) mass is 258 g/mol. The number of nitrogens with zero attached hydrogens (tertiary/aromatic N) is 1. The van der Waals surface area contributed by atoms with E-state index in [1.54, 1.807) is 0 Å². The Hall–Kier alpha value is -1.12. The molecule has 0 saturated carbocycles. The quantitative estimate of drug-likeness (QED) is 0.835. The van der Waals surface area contributed by atoms with Gasteiger partial charge in [0.2, 0.25) is 0 Å². The first-order chi connectivity index (χ1) is 9.05. The lowest BCUT2D eigenvalue weighted by Crippen LogP contribution is -2.61. The highest BCUT2D eigenvalue weighted by Gasteiger charge is 2.35. The van der Waals surface area contributed by atoms with Crippen LogP contribution in [0.25, 0.3) is 0 Å². The second kappa shape index (κ2) is 5.89. The molecule has 1 fully saturated rings. The van der Waals surface area contributed by atoms with Crippen LogP contribution < -0.4 is 5.32 Å². The highest BCUT2D eigenvalue weighted by molar-refractivity contribution is 5.25. The largest absolute Gasteiger partial charge is 0.305 e. The molecule has 1 aliphatic rings. The first kappa shape index (κ1) is 14.3. The van der Waals surface area contributed by atoms with E-state index in [0.29, 0.717) is 6.04 Å². The molecular formula is C17H26N2. The van der Waals surface area contributed by atoms with E-state index in [0.717, 1.165) is 19.6 Å². The fourth-order valence-corrected chi connectivity index (χ4v) is 3.00. The molecule has 0 amide bonds. The molecular weight excluding hydrogens is 232 g/mol. The summed E-state index contributed by atoms with van der Waals surface area (Å²) in [5.41, 5.74) is 2.66. The van der Waals surface area contributed by atoms with Crippen LogP contribution in [0.15, 0.2) is 42.5 Å². The molecule has 0 spiro atoms. The molecule has 2 unspecified atom stereocenters. The van der Waals surface area contributed by atoms with Gasteiger partial charge in [-0.15, -0.1) is 0 Å². The van der Waals surface area contributed by atoms with Crippen molar-refractivity contribution in [2.75, 3.05) is 19.6 Å². The van der Waals surface area contributed by atoms with E-state index < -0.39 is 0 Å². The van der Waals surface area contributed by atoms with Crippen molar-refractivity contribution in [2.24, 2.45) is 0 Å². The van der Waals surface area contributed by atoms with Crippen molar-refractivity contribution in [2.45, 2.75) is 38.8 Å². The Balaban J connectivity index is 2.18. The van der Waals surface area contributed by atoms with Crippen molar-refractivity contribution in [3.63, 3.8) is 0 Å². The van der Waals surface area contributed by atoms with E-state index in [9.17, 15) is 0 Å². The number of hydrogen-bond donors (Lipinski definition) is 1. The summed E-state index contributed by atoms with van der Waals surface area (Å²) in [6.45, 7) is 13.9. The van der Waals surface area contributed by atoms with Crippen molar-refractivity contribution in [3.05, 3.63) is 48.0 Å². The van der Waals surface area contributed by atoms with Crippen molar-refractivity contribution in [1.29, 1.82) is 0 Å². The van der Waals surface area contributed by atoms with Gasteiger partial charge >= 0.3 is 0 Å². The van der Waals surface area contributed by atoms with E-state index in [-0.39, 0.29) is 5.54 Å². The van der Waals surface area contributed by atoms with Crippen LogP contribution in [0.1, 0.15) is 32.8 Å². The fraction of sp³-hybridized carbons (Fsp3) is 0.529. The van der Waals surface area contributed by atoms with Crippen LogP contribution in [0.5, 0.6) is 0 Å². The van der Waals surface area contributed by atoms with Gasteiger partial charge in [-0.25, -0.2) is 0 Å². The SMILES string of the molecule is C=C(C)CN1CC(C)(c2ccccc2)NCC1CC. The second-order valence-electron chi connectivity index (χ2n) is 6.00. The van der Waals surface area contributed by atoms with Gasteiger partial charge in [-0.1, -0.05) is 49.4 Å². The van der Waals surface area contributed by atoms with E-state index in [1.807, 2.05) is 0 Å². The molecule has 2 rings (SSSR count). The summed E-state index contributed by atoms with van der Waals surface area (Å²) in [5.74, 6) is 0. The average molecular weight is 258 g/mol. The molecule has 1 aliphatic heterocycles. The fourth-order valence-electron chi connectivity index (χ4n) is 3.00. The summed E-state index contributed by atoms with van der Waals surface area (Å²) in [5, 5.41) is 3.74. The maximum Gasteiger partial charge on any atom is 0.0535 e. The predicted octanol–water partition coefficient (Wildman–Crippen LogP) is 3.16. The van der Waals surface area contributed by atoms with Crippen LogP contribution in [0.4, 0.5) is 0 Å². The Labute approximate surface area is 117 Å². The third-order valence-electron chi connectivity index (χ3n) is 4.12. The molecule has 19 heavy (non-hydrogen) atoms. The summed E-state index contributed by atoms with van der Waals surface area (Å²) in [6, 6.07) is 11.4. The molecule has 1 aromatic rings. The Morgan fingerprint density at radius 1 is 1.42 bits per heavy atom. The Morgan fingerprint density at radius 2 is 2.11 bits per heavy atom. The summed E-state index contributed by atoms with van der Waals surface area (Å²) in [4.78, 5) is 2.58. The van der Waals surface area contributed by atoms with Gasteiger partial charge in [-0.3, -0.25) is 4.90 Å². The minimum absolute atomic E-state index is 0.0440. The highest BCUT2D eigenvalue weighted by Crippen LogP contribution is 2.27. The van der Waals surface area contributed by atoms with Gasteiger partial charge in [0.1, 0.15) is 0 Å². The number of piperazine rings is 1. The van der Waals surface area contributed by atoms with Gasteiger partial charge in [0.25, 0.3) is 0 Å². The van der Waals surface area contributed by atoms with Gasteiger partial charge in [-0.05, 0) is 25.8 Å². The molecule has 2 heteroatoms. The topological polar surface area (TPSA) is 15.3 Å². The van der Waals surface area contributed by atoms with Crippen LogP contribution >= 0.6 is 0 Å².